The highest BCUT2D eigenvalue weighted by Crippen LogP contribution is 2.09. The molecule has 9 heteroatoms. The average Bonchev–Trinajstić information content (AvgIpc) is 2.63. The molecule has 0 fully saturated rings. The normalized spacial score (nSPS) is 10.6. The Morgan fingerprint density at radius 1 is 1.07 bits per heavy atom. The lowest BCUT2D eigenvalue weighted by Crippen LogP contribution is -2.45. The number of imide groups is 1. The number of nitrogens with two attached hydrogens (primary N) is 1. The first kappa shape index (κ1) is 23.1. The van der Waals surface area contributed by atoms with Gasteiger partial charge < -0.3 is 16.4 Å². The molecule has 0 saturated carbocycles. The number of hydrogen-bond acceptors (Lipinski definition) is 5. The summed E-state index contributed by atoms with van der Waals surface area (Å²) in [6.45, 7) is 7.20. The summed E-state index contributed by atoms with van der Waals surface area (Å²) >= 11 is 0. The standard InChI is InChI=1S/C19H29N5O4/c1-4-24(12-17(26)23-19(28)21-11-13(2)3)10-9-16(25)22-15-7-5-14(6-8-15)18(20)27/h5-8,13H,4,9-12H2,1-3H3,(H2,20,27)(H,22,25)(H2,21,23,26,28). The molecule has 0 radical (unpaired) electrons. The Hall–Kier alpha value is -2.94. The number of carbonyl (C=O) groups is 4. The molecular weight excluding hydrogens is 362 g/mol. The zero-order chi connectivity index (χ0) is 21.1. The number of nitrogens with one attached hydrogen (secondary N) is 3. The van der Waals surface area contributed by atoms with Crippen molar-refractivity contribution in [3.63, 3.8) is 0 Å². The third kappa shape index (κ3) is 9.13. The molecule has 0 heterocycles. The first-order valence-electron chi connectivity index (χ1n) is 9.21. The summed E-state index contributed by atoms with van der Waals surface area (Å²) in [4.78, 5) is 48.4. The molecule has 1 rings (SSSR count). The van der Waals surface area contributed by atoms with Gasteiger partial charge in [-0.2, -0.15) is 0 Å². The first-order chi connectivity index (χ1) is 13.2. The van der Waals surface area contributed by atoms with E-state index >= 15 is 0 Å². The predicted molar refractivity (Wildman–Crippen MR) is 107 cm³/mol. The van der Waals surface area contributed by atoms with Crippen LogP contribution in [0.5, 0.6) is 0 Å². The Labute approximate surface area is 165 Å². The second kappa shape index (κ2) is 11.7. The molecule has 154 valence electrons. The van der Waals surface area contributed by atoms with Gasteiger partial charge in [-0.15, -0.1) is 0 Å². The molecule has 0 unspecified atom stereocenters. The number of anilines is 1. The summed E-state index contributed by atoms with van der Waals surface area (Å²) in [5.41, 5.74) is 6.08. The van der Waals surface area contributed by atoms with Gasteiger partial charge >= 0.3 is 6.03 Å². The van der Waals surface area contributed by atoms with Crippen molar-refractivity contribution < 1.29 is 19.2 Å². The van der Waals surface area contributed by atoms with Gasteiger partial charge in [-0.3, -0.25) is 24.6 Å². The number of amides is 5. The maximum absolute atomic E-state index is 12.1. The lowest BCUT2D eigenvalue weighted by molar-refractivity contribution is -0.122. The molecular formula is C19H29N5O4. The van der Waals surface area contributed by atoms with Gasteiger partial charge in [-0.25, -0.2) is 4.79 Å². The smallest absolute Gasteiger partial charge is 0.321 e. The molecule has 0 atom stereocenters. The largest absolute Gasteiger partial charge is 0.366 e. The van der Waals surface area contributed by atoms with Crippen molar-refractivity contribution in [1.29, 1.82) is 0 Å². The van der Waals surface area contributed by atoms with E-state index in [1.54, 1.807) is 17.0 Å². The second-order valence-electron chi connectivity index (χ2n) is 6.76. The number of benzene rings is 1. The van der Waals surface area contributed by atoms with Gasteiger partial charge in [-0.05, 0) is 36.7 Å². The summed E-state index contributed by atoms with van der Waals surface area (Å²) in [6, 6.07) is 5.74. The molecule has 1 aromatic rings. The minimum Gasteiger partial charge on any atom is -0.366 e. The van der Waals surface area contributed by atoms with Gasteiger partial charge in [0.25, 0.3) is 0 Å². The lowest BCUT2D eigenvalue weighted by atomic mass is 10.2. The maximum Gasteiger partial charge on any atom is 0.321 e. The molecule has 0 aliphatic rings. The van der Waals surface area contributed by atoms with Crippen molar-refractivity contribution in [2.75, 3.05) is 31.5 Å². The Morgan fingerprint density at radius 2 is 1.71 bits per heavy atom. The Bertz CT molecular complexity index is 688. The zero-order valence-corrected chi connectivity index (χ0v) is 16.6. The van der Waals surface area contributed by atoms with E-state index in [0.717, 1.165) is 0 Å². The van der Waals surface area contributed by atoms with E-state index in [1.807, 2.05) is 20.8 Å². The zero-order valence-electron chi connectivity index (χ0n) is 16.6. The van der Waals surface area contributed by atoms with Gasteiger partial charge in [0.1, 0.15) is 0 Å². The van der Waals surface area contributed by atoms with Crippen molar-refractivity contribution >= 4 is 29.4 Å². The second-order valence-corrected chi connectivity index (χ2v) is 6.76. The maximum atomic E-state index is 12.1. The molecule has 0 aromatic heterocycles. The average molecular weight is 391 g/mol. The van der Waals surface area contributed by atoms with E-state index in [0.29, 0.717) is 36.8 Å². The van der Waals surface area contributed by atoms with E-state index in [4.69, 9.17) is 5.73 Å². The minimum atomic E-state index is -0.535. The highest BCUT2D eigenvalue weighted by atomic mass is 16.2. The van der Waals surface area contributed by atoms with Gasteiger partial charge in [0.05, 0.1) is 6.54 Å². The number of rotatable bonds is 10. The molecule has 0 aliphatic heterocycles. The van der Waals surface area contributed by atoms with Crippen molar-refractivity contribution in [2.45, 2.75) is 27.2 Å². The molecule has 0 aliphatic carbocycles. The SMILES string of the molecule is CCN(CCC(=O)Nc1ccc(C(N)=O)cc1)CC(=O)NC(=O)NCC(C)C. The molecule has 1 aromatic carbocycles. The van der Waals surface area contributed by atoms with Crippen LogP contribution < -0.4 is 21.7 Å². The van der Waals surface area contributed by atoms with Gasteiger partial charge in [0.2, 0.25) is 17.7 Å². The summed E-state index contributed by atoms with van der Waals surface area (Å²) in [5, 5.41) is 7.60. The van der Waals surface area contributed by atoms with E-state index in [-0.39, 0.29) is 18.9 Å². The number of urea groups is 1. The van der Waals surface area contributed by atoms with Crippen LogP contribution in [-0.4, -0.2) is 54.8 Å². The molecule has 28 heavy (non-hydrogen) atoms. The highest BCUT2D eigenvalue weighted by molar-refractivity contribution is 5.96. The van der Waals surface area contributed by atoms with Crippen LogP contribution in [0.1, 0.15) is 37.6 Å². The third-order valence-electron chi connectivity index (χ3n) is 3.85. The predicted octanol–water partition coefficient (Wildman–Crippen LogP) is 0.918. The van der Waals surface area contributed by atoms with Crippen molar-refractivity contribution in [1.82, 2.24) is 15.5 Å². The quantitative estimate of drug-likeness (QED) is 0.470. The lowest BCUT2D eigenvalue weighted by Gasteiger charge is -2.19. The topological polar surface area (TPSA) is 134 Å². The van der Waals surface area contributed by atoms with Gasteiger partial charge in [0, 0.05) is 30.8 Å². The van der Waals surface area contributed by atoms with Gasteiger partial charge in [-0.1, -0.05) is 20.8 Å². The van der Waals surface area contributed by atoms with Crippen LogP contribution in [-0.2, 0) is 9.59 Å². The van der Waals surface area contributed by atoms with E-state index in [1.165, 1.54) is 12.1 Å². The summed E-state index contributed by atoms with van der Waals surface area (Å²) < 4.78 is 0. The van der Waals surface area contributed by atoms with Crippen molar-refractivity contribution in [2.24, 2.45) is 11.7 Å². The van der Waals surface area contributed by atoms with Crippen molar-refractivity contribution in [3.8, 4) is 0 Å². The fourth-order valence-electron chi connectivity index (χ4n) is 2.26. The number of nitrogens with zero attached hydrogens (tertiary/aromatic N) is 1. The monoisotopic (exact) mass is 391 g/mol. The molecule has 0 spiro atoms. The Kier molecular flexibility index (Phi) is 9.66. The number of likely N-dealkylation sites (N-methyl/N-ethyl adjacent to an activating group) is 1. The number of carbonyl (C=O) groups excluding carboxylic acids is 4. The van der Waals surface area contributed by atoms with Crippen LogP contribution in [0.3, 0.4) is 0 Å². The minimum absolute atomic E-state index is 0.0200. The van der Waals surface area contributed by atoms with Gasteiger partial charge in [0.15, 0.2) is 0 Å². The fraction of sp³-hybridized carbons (Fsp3) is 0.474. The van der Waals surface area contributed by atoms with Crippen LogP contribution in [0, 0.1) is 5.92 Å². The Balaban J connectivity index is 2.39. The van der Waals surface area contributed by atoms with E-state index in [2.05, 4.69) is 16.0 Å². The van der Waals surface area contributed by atoms with E-state index in [9.17, 15) is 19.2 Å². The third-order valence-corrected chi connectivity index (χ3v) is 3.85. The fourth-order valence-corrected chi connectivity index (χ4v) is 2.26. The van der Waals surface area contributed by atoms with Crippen LogP contribution in [0.2, 0.25) is 0 Å². The molecule has 0 bridgehead atoms. The Morgan fingerprint density at radius 3 is 2.25 bits per heavy atom. The number of hydrogen-bond donors (Lipinski definition) is 4. The van der Waals surface area contributed by atoms with Crippen molar-refractivity contribution in [3.05, 3.63) is 29.8 Å². The summed E-state index contributed by atoms with van der Waals surface area (Å²) in [6.07, 6.45) is 0.179. The van der Waals surface area contributed by atoms with E-state index < -0.39 is 17.8 Å². The molecule has 5 N–H and O–H groups in total. The molecule has 9 nitrogen and oxygen atoms in total. The van der Waals surface area contributed by atoms with Crippen LogP contribution >= 0.6 is 0 Å². The number of primary amides is 1. The van der Waals surface area contributed by atoms with Crippen LogP contribution in [0.4, 0.5) is 10.5 Å². The summed E-state index contributed by atoms with van der Waals surface area (Å²) in [7, 11) is 0. The first-order valence-corrected chi connectivity index (χ1v) is 9.21. The highest BCUT2D eigenvalue weighted by Gasteiger charge is 2.14. The van der Waals surface area contributed by atoms with Crippen LogP contribution in [0.15, 0.2) is 24.3 Å². The summed E-state index contributed by atoms with van der Waals surface area (Å²) in [5.74, 6) is -0.892. The molecule has 0 saturated heterocycles. The molecule has 5 amide bonds. The van der Waals surface area contributed by atoms with Crippen LogP contribution in [0.25, 0.3) is 0 Å².